The Morgan fingerprint density at radius 2 is 2.23 bits per heavy atom. The molecule has 0 aromatic carbocycles. The molecule has 1 atom stereocenters. The molecule has 0 fully saturated rings. The first-order valence-corrected chi connectivity index (χ1v) is 5.34. The zero-order valence-corrected chi connectivity index (χ0v) is 9.46. The molecule has 0 spiro atoms. The van der Waals surface area contributed by atoms with Crippen molar-refractivity contribution in [2.24, 2.45) is 5.73 Å². The van der Waals surface area contributed by atoms with Crippen molar-refractivity contribution in [1.82, 2.24) is 0 Å². The number of hydrogen-bond acceptors (Lipinski definition) is 2. The molecule has 1 rings (SSSR count). The van der Waals surface area contributed by atoms with Crippen molar-refractivity contribution >= 4 is 27.3 Å². The highest BCUT2D eigenvalue weighted by molar-refractivity contribution is 9.11. The number of nitrogens with two attached hydrogens (primary N) is 1. The number of thiophene rings is 1. The van der Waals surface area contributed by atoms with Crippen LogP contribution in [-0.2, 0) is 6.42 Å². The van der Waals surface area contributed by atoms with E-state index in [2.05, 4.69) is 15.9 Å². The number of alkyl halides is 2. The van der Waals surface area contributed by atoms with Gasteiger partial charge in [-0.25, -0.2) is 8.78 Å². The van der Waals surface area contributed by atoms with E-state index in [1.54, 1.807) is 0 Å². The highest BCUT2D eigenvalue weighted by atomic mass is 79.9. The molecule has 1 nitrogen and oxygen atoms in total. The maximum Gasteiger partial charge on any atom is 0.256 e. The molecule has 0 aliphatic rings. The highest BCUT2D eigenvalue weighted by Crippen LogP contribution is 2.26. The molecule has 0 saturated carbocycles. The van der Waals surface area contributed by atoms with Crippen molar-refractivity contribution in [3.63, 3.8) is 0 Å². The first-order valence-electron chi connectivity index (χ1n) is 3.73. The minimum Gasteiger partial charge on any atom is -0.320 e. The van der Waals surface area contributed by atoms with Crippen molar-refractivity contribution < 1.29 is 8.78 Å². The van der Waals surface area contributed by atoms with E-state index in [1.165, 1.54) is 18.3 Å². The lowest BCUT2D eigenvalue weighted by Crippen LogP contribution is -2.45. The summed E-state index contributed by atoms with van der Waals surface area (Å²) >= 11 is 4.70. The van der Waals surface area contributed by atoms with Gasteiger partial charge in [0.25, 0.3) is 6.43 Å². The molecule has 13 heavy (non-hydrogen) atoms. The molecule has 1 unspecified atom stereocenters. The van der Waals surface area contributed by atoms with Gasteiger partial charge in [0, 0.05) is 11.3 Å². The van der Waals surface area contributed by atoms with Crippen LogP contribution in [0.1, 0.15) is 11.8 Å². The maximum atomic E-state index is 12.4. The minimum atomic E-state index is -2.49. The van der Waals surface area contributed by atoms with Gasteiger partial charge in [-0.3, -0.25) is 0 Å². The van der Waals surface area contributed by atoms with Crippen LogP contribution in [0.15, 0.2) is 15.9 Å². The SMILES string of the molecule is CC(N)(Cc1ccc(Br)s1)C(F)F. The Hall–Kier alpha value is -0.0000000000000000833. The molecule has 0 saturated heterocycles. The Balaban J connectivity index is 2.68. The normalized spacial score (nSPS) is 16.2. The average Bonchev–Trinajstić information content (AvgIpc) is 2.34. The van der Waals surface area contributed by atoms with Gasteiger partial charge in [0.15, 0.2) is 0 Å². The molecular weight excluding hydrogens is 260 g/mol. The van der Waals surface area contributed by atoms with Crippen LogP contribution >= 0.6 is 27.3 Å². The Kier molecular flexibility index (Phi) is 3.43. The largest absolute Gasteiger partial charge is 0.320 e. The summed E-state index contributed by atoms with van der Waals surface area (Å²) in [5.41, 5.74) is 4.02. The van der Waals surface area contributed by atoms with E-state index in [1.807, 2.05) is 12.1 Å². The summed E-state index contributed by atoms with van der Waals surface area (Å²) in [6, 6.07) is 3.64. The molecule has 0 bridgehead atoms. The summed E-state index contributed by atoms with van der Waals surface area (Å²) in [6.07, 6.45) is -2.28. The number of hydrogen-bond donors (Lipinski definition) is 1. The topological polar surface area (TPSA) is 26.0 Å². The van der Waals surface area contributed by atoms with Crippen molar-refractivity contribution in [1.29, 1.82) is 0 Å². The van der Waals surface area contributed by atoms with Crippen LogP contribution < -0.4 is 5.73 Å². The third-order valence-corrected chi connectivity index (χ3v) is 3.31. The van der Waals surface area contributed by atoms with Crippen LogP contribution in [0.4, 0.5) is 8.78 Å². The Morgan fingerprint density at radius 3 is 2.62 bits per heavy atom. The summed E-state index contributed by atoms with van der Waals surface area (Å²) in [6.45, 7) is 1.37. The average molecular weight is 270 g/mol. The minimum absolute atomic E-state index is 0.209. The molecule has 1 aromatic rings. The Labute approximate surface area is 88.1 Å². The lowest BCUT2D eigenvalue weighted by Gasteiger charge is -2.22. The van der Waals surface area contributed by atoms with E-state index in [0.717, 1.165) is 8.66 Å². The van der Waals surface area contributed by atoms with E-state index in [9.17, 15) is 8.78 Å². The van der Waals surface area contributed by atoms with Gasteiger partial charge in [-0.2, -0.15) is 0 Å². The predicted octanol–water partition coefficient (Wildman–Crippen LogP) is 3.04. The summed E-state index contributed by atoms with van der Waals surface area (Å²) in [7, 11) is 0. The van der Waals surface area contributed by atoms with Gasteiger partial charge >= 0.3 is 0 Å². The Morgan fingerprint density at radius 1 is 1.62 bits per heavy atom. The molecule has 0 amide bonds. The summed E-state index contributed by atoms with van der Waals surface area (Å²) < 4.78 is 25.7. The zero-order chi connectivity index (χ0) is 10.1. The fourth-order valence-electron chi connectivity index (χ4n) is 0.899. The molecule has 0 aliphatic carbocycles. The first-order chi connectivity index (χ1) is 5.92. The highest BCUT2D eigenvalue weighted by Gasteiger charge is 2.30. The van der Waals surface area contributed by atoms with E-state index in [0.29, 0.717) is 0 Å². The standard InChI is InChI=1S/C8H10BrF2NS/c1-8(12,7(10)11)4-5-2-3-6(9)13-5/h2-3,7H,4,12H2,1H3. The van der Waals surface area contributed by atoms with Crippen LogP contribution in [0.3, 0.4) is 0 Å². The molecule has 74 valence electrons. The summed E-state index contributed by atoms with van der Waals surface area (Å²) in [4.78, 5) is 0.872. The van der Waals surface area contributed by atoms with E-state index >= 15 is 0 Å². The second-order valence-electron chi connectivity index (χ2n) is 3.19. The second-order valence-corrected chi connectivity index (χ2v) is 5.74. The monoisotopic (exact) mass is 269 g/mol. The van der Waals surface area contributed by atoms with Crippen LogP contribution in [0.25, 0.3) is 0 Å². The van der Waals surface area contributed by atoms with E-state index in [4.69, 9.17) is 5.73 Å². The third-order valence-electron chi connectivity index (χ3n) is 1.68. The second kappa shape index (κ2) is 4.02. The molecular formula is C8H10BrF2NS. The van der Waals surface area contributed by atoms with Crippen LogP contribution in [0, 0.1) is 0 Å². The van der Waals surface area contributed by atoms with Gasteiger partial charge in [-0.1, -0.05) is 0 Å². The van der Waals surface area contributed by atoms with Crippen LogP contribution in [0.2, 0.25) is 0 Å². The molecule has 5 heteroatoms. The van der Waals surface area contributed by atoms with Gasteiger partial charge in [-0.15, -0.1) is 11.3 Å². The van der Waals surface area contributed by atoms with Crippen molar-refractivity contribution in [2.45, 2.75) is 25.3 Å². The number of rotatable bonds is 3. The quantitative estimate of drug-likeness (QED) is 0.897. The van der Waals surface area contributed by atoms with Gasteiger partial charge in [0.2, 0.25) is 0 Å². The van der Waals surface area contributed by atoms with Gasteiger partial charge < -0.3 is 5.73 Å². The first kappa shape index (κ1) is 11.1. The lowest BCUT2D eigenvalue weighted by molar-refractivity contribution is 0.0644. The molecule has 1 heterocycles. The van der Waals surface area contributed by atoms with E-state index in [-0.39, 0.29) is 6.42 Å². The van der Waals surface area contributed by atoms with Crippen molar-refractivity contribution in [2.75, 3.05) is 0 Å². The zero-order valence-electron chi connectivity index (χ0n) is 7.06. The lowest BCUT2D eigenvalue weighted by atomic mass is 9.99. The maximum absolute atomic E-state index is 12.4. The summed E-state index contributed by atoms with van der Waals surface area (Å²) in [5, 5.41) is 0. The van der Waals surface area contributed by atoms with Crippen molar-refractivity contribution in [3.8, 4) is 0 Å². The molecule has 0 radical (unpaired) electrons. The van der Waals surface area contributed by atoms with Crippen LogP contribution in [0.5, 0.6) is 0 Å². The van der Waals surface area contributed by atoms with Gasteiger partial charge in [0.1, 0.15) is 0 Å². The fourth-order valence-corrected chi connectivity index (χ4v) is 2.56. The smallest absolute Gasteiger partial charge is 0.256 e. The molecule has 0 aliphatic heterocycles. The molecule has 1 aromatic heterocycles. The third kappa shape index (κ3) is 3.00. The van der Waals surface area contributed by atoms with E-state index < -0.39 is 12.0 Å². The van der Waals surface area contributed by atoms with Gasteiger partial charge in [0.05, 0.1) is 9.33 Å². The fraction of sp³-hybridized carbons (Fsp3) is 0.500. The van der Waals surface area contributed by atoms with Crippen LogP contribution in [-0.4, -0.2) is 12.0 Å². The number of halogens is 3. The molecule has 2 N–H and O–H groups in total. The Bertz CT molecular complexity index is 285. The van der Waals surface area contributed by atoms with Gasteiger partial charge in [-0.05, 0) is 35.0 Å². The summed E-state index contributed by atoms with van der Waals surface area (Å²) in [5.74, 6) is 0. The van der Waals surface area contributed by atoms with Crippen molar-refractivity contribution in [3.05, 3.63) is 20.8 Å². The predicted molar refractivity (Wildman–Crippen MR) is 54.3 cm³/mol.